The molecule has 1 saturated carbocycles. The van der Waals surface area contributed by atoms with Crippen molar-refractivity contribution in [2.24, 2.45) is 0 Å². The zero-order valence-corrected chi connectivity index (χ0v) is 12.6. The second-order valence-electron chi connectivity index (χ2n) is 5.74. The smallest absolute Gasteiger partial charge is 0.0962 e. The van der Waals surface area contributed by atoms with Crippen LogP contribution in [0.3, 0.4) is 0 Å². The van der Waals surface area contributed by atoms with Crippen molar-refractivity contribution in [3.8, 4) is 0 Å². The van der Waals surface area contributed by atoms with E-state index in [0.717, 1.165) is 17.9 Å². The quantitative estimate of drug-likeness (QED) is 0.870. The van der Waals surface area contributed by atoms with E-state index in [4.69, 9.17) is 0 Å². The molecule has 2 atom stereocenters. The first kappa shape index (κ1) is 14.8. The maximum Gasteiger partial charge on any atom is 0.0962 e. The van der Waals surface area contributed by atoms with Crippen LogP contribution in [-0.2, 0) is 0 Å². The zero-order valence-electron chi connectivity index (χ0n) is 11.8. The number of aliphatic hydroxyl groups is 1. The molecule has 2 rings (SSSR count). The first-order valence-electron chi connectivity index (χ1n) is 7.10. The summed E-state index contributed by atoms with van der Waals surface area (Å²) in [4.78, 5) is 4.39. The molecule has 1 fully saturated rings. The average Bonchev–Trinajstić information content (AvgIpc) is 2.39. The van der Waals surface area contributed by atoms with Crippen LogP contribution in [0.1, 0.15) is 39.5 Å². The molecule has 0 aliphatic heterocycles. The van der Waals surface area contributed by atoms with Crippen molar-refractivity contribution in [3.05, 3.63) is 24.4 Å². The molecule has 19 heavy (non-hydrogen) atoms. The molecule has 1 aromatic rings. The zero-order chi connectivity index (χ0) is 13.7. The average molecular weight is 280 g/mol. The first-order valence-corrected chi connectivity index (χ1v) is 7.98. The Hall–Kier alpha value is -0.580. The van der Waals surface area contributed by atoms with Crippen molar-refractivity contribution < 1.29 is 5.11 Å². The fourth-order valence-electron chi connectivity index (χ4n) is 2.93. The van der Waals surface area contributed by atoms with E-state index in [9.17, 15) is 5.11 Å². The standard InChI is InChI=1S/C15H24N2OS/c1-12(2)17-15(11-18)8-5-6-13(10-15)19-14-7-3-4-9-16-14/h3-4,7,9,12-13,17-18H,5-6,8,10-11H2,1-2H3. The Morgan fingerprint density at radius 1 is 1.53 bits per heavy atom. The summed E-state index contributed by atoms with van der Waals surface area (Å²) < 4.78 is 0. The molecule has 1 heterocycles. The van der Waals surface area contributed by atoms with Crippen LogP contribution in [0.25, 0.3) is 0 Å². The van der Waals surface area contributed by atoms with Crippen LogP contribution in [0.5, 0.6) is 0 Å². The molecule has 0 bridgehead atoms. The van der Waals surface area contributed by atoms with Crippen LogP contribution in [0.2, 0.25) is 0 Å². The number of nitrogens with zero attached hydrogens (tertiary/aromatic N) is 1. The van der Waals surface area contributed by atoms with Gasteiger partial charge in [-0.25, -0.2) is 4.98 Å². The third kappa shape index (κ3) is 4.20. The number of hydrogen-bond acceptors (Lipinski definition) is 4. The molecular formula is C15H24N2OS. The molecule has 0 saturated heterocycles. The molecule has 106 valence electrons. The normalized spacial score (nSPS) is 27.7. The molecule has 0 amide bonds. The highest BCUT2D eigenvalue weighted by Crippen LogP contribution is 2.37. The lowest BCUT2D eigenvalue weighted by atomic mass is 9.81. The summed E-state index contributed by atoms with van der Waals surface area (Å²) >= 11 is 1.85. The Balaban J connectivity index is 1.99. The second kappa shape index (κ2) is 6.73. The third-order valence-corrected chi connectivity index (χ3v) is 4.84. The Kier molecular flexibility index (Phi) is 5.25. The van der Waals surface area contributed by atoms with Gasteiger partial charge in [0, 0.05) is 23.0 Å². The minimum Gasteiger partial charge on any atom is -0.394 e. The molecule has 1 aromatic heterocycles. The van der Waals surface area contributed by atoms with Crippen LogP contribution < -0.4 is 5.32 Å². The van der Waals surface area contributed by atoms with Gasteiger partial charge in [0.2, 0.25) is 0 Å². The van der Waals surface area contributed by atoms with E-state index in [-0.39, 0.29) is 12.1 Å². The van der Waals surface area contributed by atoms with Gasteiger partial charge in [0.05, 0.1) is 11.6 Å². The van der Waals surface area contributed by atoms with Crippen LogP contribution >= 0.6 is 11.8 Å². The molecule has 1 aliphatic rings. The van der Waals surface area contributed by atoms with Gasteiger partial charge in [-0.2, -0.15) is 0 Å². The minimum atomic E-state index is -0.0983. The van der Waals surface area contributed by atoms with E-state index < -0.39 is 0 Å². The Bertz CT molecular complexity index is 385. The van der Waals surface area contributed by atoms with Gasteiger partial charge in [0.15, 0.2) is 0 Å². The fraction of sp³-hybridized carbons (Fsp3) is 0.667. The van der Waals surface area contributed by atoms with Crippen molar-refractivity contribution >= 4 is 11.8 Å². The number of aromatic nitrogens is 1. The van der Waals surface area contributed by atoms with E-state index in [0.29, 0.717) is 11.3 Å². The highest BCUT2D eigenvalue weighted by Gasteiger charge is 2.36. The number of rotatable bonds is 5. The van der Waals surface area contributed by atoms with Gasteiger partial charge in [0.1, 0.15) is 0 Å². The van der Waals surface area contributed by atoms with E-state index in [1.807, 2.05) is 30.1 Å². The fourth-order valence-corrected chi connectivity index (χ4v) is 4.24. The van der Waals surface area contributed by atoms with Crippen LogP contribution in [0.4, 0.5) is 0 Å². The Labute approximate surface area is 120 Å². The third-order valence-electron chi connectivity index (χ3n) is 3.62. The van der Waals surface area contributed by atoms with Crippen molar-refractivity contribution in [1.29, 1.82) is 0 Å². The van der Waals surface area contributed by atoms with Gasteiger partial charge in [-0.1, -0.05) is 26.3 Å². The molecular weight excluding hydrogens is 256 g/mol. The number of hydrogen-bond donors (Lipinski definition) is 2. The van der Waals surface area contributed by atoms with E-state index in [1.54, 1.807) is 0 Å². The van der Waals surface area contributed by atoms with Crippen LogP contribution in [-0.4, -0.2) is 33.5 Å². The molecule has 2 unspecified atom stereocenters. The Morgan fingerprint density at radius 2 is 2.37 bits per heavy atom. The van der Waals surface area contributed by atoms with Gasteiger partial charge in [-0.3, -0.25) is 0 Å². The lowest BCUT2D eigenvalue weighted by Crippen LogP contribution is -2.54. The van der Waals surface area contributed by atoms with Crippen molar-refractivity contribution in [3.63, 3.8) is 0 Å². The molecule has 0 radical (unpaired) electrons. The number of nitrogens with one attached hydrogen (secondary N) is 1. The molecule has 0 spiro atoms. The van der Waals surface area contributed by atoms with Crippen LogP contribution in [0, 0.1) is 0 Å². The maximum atomic E-state index is 9.79. The van der Waals surface area contributed by atoms with Gasteiger partial charge >= 0.3 is 0 Å². The predicted molar refractivity (Wildman–Crippen MR) is 80.4 cm³/mol. The van der Waals surface area contributed by atoms with Gasteiger partial charge in [-0.05, 0) is 31.4 Å². The summed E-state index contributed by atoms with van der Waals surface area (Å²) in [6.45, 7) is 4.52. The molecule has 2 N–H and O–H groups in total. The van der Waals surface area contributed by atoms with Crippen molar-refractivity contribution in [2.75, 3.05) is 6.61 Å². The molecule has 3 nitrogen and oxygen atoms in total. The molecule has 0 aromatic carbocycles. The molecule has 1 aliphatic carbocycles. The SMILES string of the molecule is CC(C)NC1(CO)CCCC(Sc2ccccn2)C1. The summed E-state index contributed by atoms with van der Waals surface area (Å²) in [5.41, 5.74) is -0.0983. The first-order chi connectivity index (χ1) is 9.13. The number of thioether (sulfide) groups is 1. The summed E-state index contributed by atoms with van der Waals surface area (Å²) in [5, 5.41) is 15.0. The van der Waals surface area contributed by atoms with Crippen molar-refractivity contribution in [2.45, 2.75) is 61.4 Å². The van der Waals surface area contributed by atoms with E-state index in [2.05, 4.69) is 30.2 Å². The topological polar surface area (TPSA) is 45.1 Å². The van der Waals surface area contributed by atoms with E-state index in [1.165, 1.54) is 12.8 Å². The van der Waals surface area contributed by atoms with Gasteiger partial charge in [-0.15, -0.1) is 11.8 Å². The maximum absolute atomic E-state index is 9.79. The predicted octanol–water partition coefficient (Wildman–Crippen LogP) is 2.85. The van der Waals surface area contributed by atoms with Gasteiger partial charge < -0.3 is 10.4 Å². The molecule has 4 heteroatoms. The lowest BCUT2D eigenvalue weighted by molar-refractivity contribution is 0.115. The monoisotopic (exact) mass is 280 g/mol. The summed E-state index contributed by atoms with van der Waals surface area (Å²) in [6.07, 6.45) is 6.31. The number of pyridine rings is 1. The van der Waals surface area contributed by atoms with Gasteiger partial charge in [0.25, 0.3) is 0 Å². The van der Waals surface area contributed by atoms with E-state index >= 15 is 0 Å². The number of aliphatic hydroxyl groups excluding tert-OH is 1. The van der Waals surface area contributed by atoms with Crippen LogP contribution in [0.15, 0.2) is 29.4 Å². The summed E-state index contributed by atoms with van der Waals surface area (Å²) in [7, 11) is 0. The summed E-state index contributed by atoms with van der Waals surface area (Å²) in [5.74, 6) is 0. The second-order valence-corrected chi connectivity index (χ2v) is 7.06. The minimum absolute atomic E-state index is 0.0983. The van der Waals surface area contributed by atoms with Crippen molar-refractivity contribution in [1.82, 2.24) is 10.3 Å². The summed E-state index contributed by atoms with van der Waals surface area (Å²) in [6, 6.07) is 6.45. The largest absolute Gasteiger partial charge is 0.394 e. The highest BCUT2D eigenvalue weighted by molar-refractivity contribution is 7.99. The Morgan fingerprint density at radius 3 is 3.00 bits per heavy atom. The lowest BCUT2D eigenvalue weighted by Gasteiger charge is -2.41. The highest BCUT2D eigenvalue weighted by atomic mass is 32.2.